The molecule has 0 saturated carbocycles. The van der Waals surface area contributed by atoms with E-state index in [-0.39, 0.29) is 11.6 Å². The first-order chi connectivity index (χ1) is 12.0. The van der Waals surface area contributed by atoms with E-state index in [9.17, 15) is 9.59 Å². The number of fused-ring (bicyclic) bond motifs is 2. The van der Waals surface area contributed by atoms with Crippen LogP contribution in [-0.2, 0) is 12.8 Å². The minimum atomic E-state index is 0.124. The van der Waals surface area contributed by atoms with Crippen molar-refractivity contribution < 1.29 is 9.59 Å². The predicted molar refractivity (Wildman–Crippen MR) is 101 cm³/mol. The molecule has 2 aromatic rings. The van der Waals surface area contributed by atoms with E-state index in [0.29, 0.717) is 29.1 Å². The fourth-order valence-corrected chi connectivity index (χ4v) is 3.74. The summed E-state index contributed by atoms with van der Waals surface area (Å²) in [7, 11) is 0. The molecule has 2 aromatic carbocycles. The lowest BCUT2D eigenvalue weighted by Gasteiger charge is -2.17. The molecule has 4 N–H and O–H groups in total. The van der Waals surface area contributed by atoms with Crippen LogP contribution >= 0.6 is 11.6 Å². The van der Waals surface area contributed by atoms with E-state index in [1.54, 1.807) is 12.1 Å². The third kappa shape index (κ3) is 3.54. The average molecular weight is 357 g/mol. The Morgan fingerprint density at radius 2 is 1.40 bits per heavy atom. The number of halogens is 1. The first-order valence-electron chi connectivity index (χ1n) is 8.49. The highest BCUT2D eigenvalue weighted by atomic mass is 35.5. The lowest BCUT2D eigenvalue weighted by Crippen LogP contribution is -2.13. The lowest BCUT2D eigenvalue weighted by atomic mass is 9.89. The highest BCUT2D eigenvalue weighted by Crippen LogP contribution is 2.31. The number of nitrogens with two attached hydrogens (primary N) is 2. The third-order valence-electron chi connectivity index (χ3n) is 4.75. The fraction of sp³-hybridized carbons (Fsp3) is 0.300. The zero-order valence-electron chi connectivity index (χ0n) is 14.0. The Bertz CT molecular complexity index is 846. The van der Waals surface area contributed by atoms with Crippen LogP contribution in [0.2, 0.25) is 5.02 Å². The zero-order chi connectivity index (χ0) is 18.0. The summed E-state index contributed by atoms with van der Waals surface area (Å²) in [6.07, 6.45) is 4.92. The molecule has 0 atom stereocenters. The molecule has 0 heterocycles. The summed E-state index contributed by atoms with van der Waals surface area (Å²) < 4.78 is 0. The van der Waals surface area contributed by atoms with E-state index >= 15 is 0 Å². The molecule has 0 unspecified atom stereocenters. The molecule has 0 saturated heterocycles. The van der Waals surface area contributed by atoms with Crippen molar-refractivity contribution >= 4 is 34.5 Å². The number of carbonyl (C=O) groups excluding carboxylic acids is 2. The van der Waals surface area contributed by atoms with E-state index in [4.69, 9.17) is 23.1 Å². The van der Waals surface area contributed by atoms with Crippen LogP contribution in [-0.4, -0.2) is 11.6 Å². The fourth-order valence-electron chi connectivity index (χ4n) is 3.46. The van der Waals surface area contributed by atoms with Crippen LogP contribution in [0.5, 0.6) is 0 Å². The quantitative estimate of drug-likeness (QED) is 0.691. The van der Waals surface area contributed by atoms with Crippen LogP contribution in [0.1, 0.15) is 57.5 Å². The van der Waals surface area contributed by atoms with E-state index in [1.165, 1.54) is 0 Å². The topological polar surface area (TPSA) is 86.2 Å². The third-order valence-corrected chi connectivity index (χ3v) is 5.07. The van der Waals surface area contributed by atoms with Gasteiger partial charge in [0.1, 0.15) is 0 Å². The molecule has 130 valence electrons. The van der Waals surface area contributed by atoms with Crippen LogP contribution in [0.15, 0.2) is 30.3 Å². The van der Waals surface area contributed by atoms with Gasteiger partial charge in [-0.15, -0.1) is 0 Å². The molecule has 0 radical (unpaired) electrons. The van der Waals surface area contributed by atoms with Gasteiger partial charge in [-0.3, -0.25) is 9.59 Å². The van der Waals surface area contributed by atoms with Crippen molar-refractivity contribution in [1.82, 2.24) is 0 Å². The van der Waals surface area contributed by atoms with Crippen molar-refractivity contribution in [2.45, 2.75) is 38.5 Å². The molecule has 0 aromatic heterocycles. The summed E-state index contributed by atoms with van der Waals surface area (Å²) >= 11 is 5.93. The van der Waals surface area contributed by atoms with Crippen molar-refractivity contribution in [3.63, 3.8) is 0 Å². The maximum absolute atomic E-state index is 11.5. The molecule has 0 fully saturated rings. The molecule has 4 nitrogen and oxygen atoms in total. The molecule has 0 spiro atoms. The minimum Gasteiger partial charge on any atom is -0.398 e. The summed E-state index contributed by atoms with van der Waals surface area (Å²) in [5, 5.41) is 0.536. The first-order valence-corrected chi connectivity index (χ1v) is 8.87. The lowest BCUT2D eigenvalue weighted by molar-refractivity contribution is 0.0964. The van der Waals surface area contributed by atoms with Crippen molar-refractivity contribution in [3.8, 4) is 0 Å². The van der Waals surface area contributed by atoms with Gasteiger partial charge in [0, 0.05) is 35.3 Å². The SMILES string of the molecule is Nc1ccc(Cl)c2c1CCCC2=O.Nc1cccc2c1CCCC2=O. The molecular weight excluding hydrogens is 336 g/mol. The molecular formula is C20H21ClN2O2. The largest absolute Gasteiger partial charge is 0.398 e. The number of benzene rings is 2. The Morgan fingerprint density at radius 3 is 2.08 bits per heavy atom. The molecule has 2 aliphatic rings. The second-order valence-electron chi connectivity index (χ2n) is 6.42. The van der Waals surface area contributed by atoms with Crippen molar-refractivity contribution in [2.24, 2.45) is 0 Å². The number of rotatable bonds is 0. The van der Waals surface area contributed by atoms with E-state index < -0.39 is 0 Å². The van der Waals surface area contributed by atoms with Gasteiger partial charge in [0.2, 0.25) is 0 Å². The van der Waals surface area contributed by atoms with Gasteiger partial charge in [-0.1, -0.05) is 23.7 Å². The van der Waals surface area contributed by atoms with Crippen LogP contribution in [0, 0.1) is 0 Å². The molecule has 5 heteroatoms. The van der Waals surface area contributed by atoms with Gasteiger partial charge in [0.05, 0.1) is 5.02 Å². The number of hydrogen-bond acceptors (Lipinski definition) is 4. The Balaban J connectivity index is 0.000000146. The average Bonchev–Trinajstić information content (AvgIpc) is 2.60. The van der Waals surface area contributed by atoms with Crippen LogP contribution in [0.4, 0.5) is 11.4 Å². The Morgan fingerprint density at radius 1 is 0.760 bits per heavy atom. The number of Topliss-reactive ketones (excluding diaryl/α,β-unsaturated/α-hetero) is 2. The van der Waals surface area contributed by atoms with Crippen LogP contribution in [0.25, 0.3) is 0 Å². The summed E-state index contributed by atoms with van der Waals surface area (Å²) in [6.45, 7) is 0. The number of ketones is 2. The van der Waals surface area contributed by atoms with E-state index in [0.717, 1.165) is 48.1 Å². The van der Waals surface area contributed by atoms with Crippen LogP contribution in [0.3, 0.4) is 0 Å². The Hall–Kier alpha value is -2.33. The van der Waals surface area contributed by atoms with Crippen molar-refractivity contribution in [3.05, 3.63) is 57.6 Å². The molecule has 4 rings (SSSR count). The summed E-state index contributed by atoms with van der Waals surface area (Å²) in [5.41, 5.74) is 16.4. The minimum absolute atomic E-state index is 0.124. The Kier molecular flexibility index (Phi) is 5.09. The standard InChI is InChI=1S/C10H10ClNO.C10H11NO/c11-7-4-5-8(12)6-2-1-3-9(13)10(6)7;11-9-5-1-4-8-7(9)3-2-6-10(8)12/h4-5H,1-3,12H2;1,4-5H,2-3,6,11H2. The maximum Gasteiger partial charge on any atom is 0.164 e. The monoisotopic (exact) mass is 356 g/mol. The number of hydrogen-bond donors (Lipinski definition) is 2. The van der Waals surface area contributed by atoms with Gasteiger partial charge in [0.25, 0.3) is 0 Å². The van der Waals surface area contributed by atoms with Gasteiger partial charge in [-0.05, 0) is 55.0 Å². The normalized spacial score (nSPS) is 15.7. The Labute approximate surface area is 152 Å². The van der Waals surface area contributed by atoms with Crippen molar-refractivity contribution in [1.29, 1.82) is 0 Å². The second kappa shape index (κ2) is 7.28. The number of carbonyl (C=O) groups is 2. The van der Waals surface area contributed by atoms with E-state index in [2.05, 4.69) is 0 Å². The van der Waals surface area contributed by atoms with Gasteiger partial charge < -0.3 is 11.5 Å². The highest BCUT2D eigenvalue weighted by molar-refractivity contribution is 6.34. The summed E-state index contributed by atoms with van der Waals surface area (Å²) in [5.74, 6) is 0.363. The zero-order valence-corrected chi connectivity index (χ0v) is 14.7. The number of nitrogen functional groups attached to an aromatic ring is 2. The molecule has 2 aliphatic carbocycles. The van der Waals surface area contributed by atoms with E-state index in [1.807, 2.05) is 18.2 Å². The maximum atomic E-state index is 11.5. The molecule has 0 bridgehead atoms. The summed E-state index contributed by atoms with van der Waals surface area (Å²) in [6, 6.07) is 9.03. The van der Waals surface area contributed by atoms with Gasteiger partial charge in [0.15, 0.2) is 11.6 Å². The van der Waals surface area contributed by atoms with Gasteiger partial charge in [-0.25, -0.2) is 0 Å². The summed E-state index contributed by atoms with van der Waals surface area (Å²) in [4.78, 5) is 22.9. The first kappa shape index (κ1) is 17.5. The predicted octanol–water partition coefficient (Wildman–Crippen LogP) is 4.23. The molecule has 0 amide bonds. The van der Waals surface area contributed by atoms with Gasteiger partial charge in [-0.2, -0.15) is 0 Å². The van der Waals surface area contributed by atoms with Crippen molar-refractivity contribution in [2.75, 3.05) is 11.5 Å². The highest BCUT2D eigenvalue weighted by Gasteiger charge is 2.21. The second-order valence-corrected chi connectivity index (χ2v) is 6.82. The number of anilines is 2. The molecule has 0 aliphatic heterocycles. The smallest absolute Gasteiger partial charge is 0.164 e. The van der Waals surface area contributed by atoms with Crippen LogP contribution < -0.4 is 11.5 Å². The molecule has 25 heavy (non-hydrogen) atoms. The van der Waals surface area contributed by atoms with Gasteiger partial charge >= 0.3 is 0 Å².